The second-order valence-electron chi connectivity index (χ2n) is 6.62. The number of carboxylic acid groups (broad SMARTS) is 1. The predicted octanol–water partition coefficient (Wildman–Crippen LogP) is 5.61. The maximum Gasteiger partial charge on any atom is 0.490 e. The molecule has 1 aromatic carbocycles. The molecule has 4 aromatic rings. The van der Waals surface area contributed by atoms with Gasteiger partial charge in [0, 0.05) is 23.0 Å². The van der Waals surface area contributed by atoms with Crippen molar-refractivity contribution in [3.05, 3.63) is 46.7 Å². The maximum atomic E-state index is 10.6. The van der Waals surface area contributed by atoms with E-state index < -0.39 is 12.1 Å². The highest BCUT2D eigenvalue weighted by Crippen LogP contribution is 2.34. The Hall–Kier alpha value is -3.41. The van der Waals surface area contributed by atoms with E-state index in [1.165, 1.54) is 0 Å². The van der Waals surface area contributed by atoms with Crippen LogP contribution in [0.15, 0.2) is 41.0 Å². The SMILES string of the molecule is CCOc1nc(Nc2ccc3cccnc3c2)nc2[nH]c(CC)c(Br)c12.O=C(O)C(F)(F)F. The summed E-state index contributed by atoms with van der Waals surface area (Å²) in [6, 6.07) is 9.94. The quantitative estimate of drug-likeness (QED) is 0.310. The fourth-order valence-corrected chi connectivity index (χ4v) is 3.63. The van der Waals surface area contributed by atoms with Crippen LogP contribution < -0.4 is 10.1 Å². The zero-order chi connectivity index (χ0) is 24.2. The number of anilines is 2. The summed E-state index contributed by atoms with van der Waals surface area (Å²) in [7, 11) is 0. The smallest absolute Gasteiger partial charge is 0.477 e. The molecule has 0 aliphatic carbocycles. The van der Waals surface area contributed by atoms with E-state index in [1.807, 2.05) is 37.3 Å². The number of nitrogens with one attached hydrogen (secondary N) is 2. The topological polar surface area (TPSA) is 113 Å². The van der Waals surface area contributed by atoms with E-state index in [0.717, 1.165) is 44.2 Å². The summed E-state index contributed by atoms with van der Waals surface area (Å²) >= 11 is 3.63. The number of alkyl halides is 3. The van der Waals surface area contributed by atoms with Gasteiger partial charge in [0.2, 0.25) is 11.8 Å². The highest BCUT2D eigenvalue weighted by atomic mass is 79.9. The Balaban J connectivity index is 0.000000383. The third kappa shape index (κ3) is 5.69. The summed E-state index contributed by atoms with van der Waals surface area (Å²) in [6.45, 7) is 4.56. The van der Waals surface area contributed by atoms with Crippen LogP contribution in [-0.4, -0.2) is 43.8 Å². The van der Waals surface area contributed by atoms with E-state index in [2.05, 4.69) is 48.1 Å². The molecule has 3 N–H and O–H groups in total. The Morgan fingerprint density at radius 2 is 1.97 bits per heavy atom. The molecule has 0 unspecified atom stereocenters. The zero-order valence-electron chi connectivity index (χ0n) is 17.5. The maximum absolute atomic E-state index is 10.6. The minimum absolute atomic E-state index is 0.479. The second-order valence-corrected chi connectivity index (χ2v) is 7.41. The van der Waals surface area contributed by atoms with Crippen LogP contribution in [-0.2, 0) is 11.2 Å². The summed E-state index contributed by atoms with van der Waals surface area (Å²) in [5.74, 6) is -1.72. The lowest BCUT2D eigenvalue weighted by atomic mass is 10.2. The normalized spacial score (nSPS) is 11.2. The number of fused-ring (bicyclic) bond motifs is 2. The number of nitrogens with zero attached hydrogens (tertiary/aromatic N) is 3. The summed E-state index contributed by atoms with van der Waals surface area (Å²) in [4.78, 5) is 25.8. The Morgan fingerprint density at radius 3 is 2.61 bits per heavy atom. The molecule has 12 heteroatoms. The van der Waals surface area contributed by atoms with Crippen molar-refractivity contribution in [1.29, 1.82) is 0 Å². The number of aromatic nitrogens is 4. The predicted molar refractivity (Wildman–Crippen MR) is 121 cm³/mol. The first-order valence-corrected chi connectivity index (χ1v) is 10.6. The van der Waals surface area contributed by atoms with Gasteiger partial charge >= 0.3 is 12.1 Å². The minimum Gasteiger partial charge on any atom is -0.477 e. The monoisotopic (exact) mass is 525 g/mol. The summed E-state index contributed by atoms with van der Waals surface area (Å²) in [5, 5.41) is 12.3. The molecule has 0 saturated carbocycles. The molecule has 4 rings (SSSR count). The van der Waals surface area contributed by atoms with E-state index in [4.69, 9.17) is 14.6 Å². The fraction of sp³-hybridized carbons (Fsp3) is 0.238. The van der Waals surface area contributed by atoms with E-state index in [9.17, 15) is 13.2 Å². The number of hydrogen-bond acceptors (Lipinski definition) is 6. The van der Waals surface area contributed by atoms with Gasteiger partial charge in [-0.15, -0.1) is 0 Å². The molecule has 3 aromatic heterocycles. The van der Waals surface area contributed by atoms with Gasteiger partial charge in [0.05, 0.1) is 22.0 Å². The van der Waals surface area contributed by atoms with Crippen molar-refractivity contribution in [2.75, 3.05) is 11.9 Å². The number of aryl methyl sites for hydroxylation is 1. The molecule has 3 heterocycles. The number of pyridine rings is 1. The average molecular weight is 526 g/mol. The zero-order valence-corrected chi connectivity index (χ0v) is 19.1. The second kappa shape index (κ2) is 10.0. The third-order valence-electron chi connectivity index (χ3n) is 4.37. The van der Waals surface area contributed by atoms with Crippen LogP contribution in [0.25, 0.3) is 21.9 Å². The van der Waals surface area contributed by atoms with Gasteiger partial charge in [-0.2, -0.15) is 23.1 Å². The summed E-state index contributed by atoms with van der Waals surface area (Å²) in [5.41, 5.74) is 3.61. The van der Waals surface area contributed by atoms with Gasteiger partial charge in [0.15, 0.2) is 0 Å². The third-order valence-corrected chi connectivity index (χ3v) is 5.24. The number of halogens is 4. The minimum atomic E-state index is -5.08. The largest absolute Gasteiger partial charge is 0.490 e. The van der Waals surface area contributed by atoms with Crippen LogP contribution in [0.3, 0.4) is 0 Å². The molecule has 174 valence electrons. The van der Waals surface area contributed by atoms with Gasteiger partial charge in [-0.25, -0.2) is 4.79 Å². The van der Waals surface area contributed by atoms with Crippen molar-refractivity contribution in [3.8, 4) is 5.88 Å². The number of benzene rings is 1. The Kier molecular flexibility index (Phi) is 7.36. The van der Waals surface area contributed by atoms with Crippen LogP contribution in [0.5, 0.6) is 5.88 Å². The van der Waals surface area contributed by atoms with Crippen molar-refractivity contribution in [1.82, 2.24) is 19.9 Å². The van der Waals surface area contributed by atoms with Gasteiger partial charge in [0.1, 0.15) is 5.65 Å². The highest BCUT2D eigenvalue weighted by Gasteiger charge is 2.38. The van der Waals surface area contributed by atoms with E-state index in [1.54, 1.807) is 6.20 Å². The molecule has 0 atom stereocenters. The molecule has 0 aliphatic rings. The van der Waals surface area contributed by atoms with Crippen LogP contribution in [0, 0.1) is 0 Å². The number of hydrogen-bond donors (Lipinski definition) is 3. The lowest BCUT2D eigenvalue weighted by Gasteiger charge is -2.09. The Morgan fingerprint density at radius 1 is 1.24 bits per heavy atom. The number of aliphatic carboxylic acids is 1. The standard InChI is InChI=1S/C19H18BrN5O.C2HF3O2/c1-3-13-16(20)15-17(23-13)24-19(25-18(15)26-4-2)22-12-8-7-11-6-5-9-21-14(11)10-12;3-2(4,5)1(6)7/h5-10H,3-4H2,1-2H3,(H2,22,23,24,25);(H,6,7). The molecule has 0 radical (unpaired) electrons. The Labute approximate surface area is 194 Å². The van der Waals surface area contributed by atoms with Crippen molar-refractivity contribution in [3.63, 3.8) is 0 Å². The van der Waals surface area contributed by atoms with Gasteiger partial charge in [-0.1, -0.05) is 19.1 Å². The lowest BCUT2D eigenvalue weighted by Crippen LogP contribution is -2.21. The van der Waals surface area contributed by atoms with Gasteiger partial charge in [-0.05, 0) is 47.5 Å². The summed E-state index contributed by atoms with van der Waals surface area (Å²) in [6.07, 6.45) is -2.44. The van der Waals surface area contributed by atoms with E-state index in [-0.39, 0.29) is 0 Å². The molecule has 8 nitrogen and oxygen atoms in total. The number of H-pyrrole nitrogens is 1. The molecule has 0 fully saturated rings. The first kappa shape index (κ1) is 24.2. The number of ether oxygens (including phenoxy) is 1. The molecule has 0 bridgehead atoms. The fourth-order valence-electron chi connectivity index (χ4n) is 2.89. The van der Waals surface area contributed by atoms with Crippen molar-refractivity contribution in [2.24, 2.45) is 0 Å². The van der Waals surface area contributed by atoms with Crippen LogP contribution >= 0.6 is 15.9 Å². The first-order chi connectivity index (χ1) is 15.6. The molecule has 0 amide bonds. The van der Waals surface area contributed by atoms with Crippen molar-refractivity contribution < 1.29 is 27.8 Å². The number of aromatic amines is 1. The van der Waals surface area contributed by atoms with Crippen LogP contribution in [0.1, 0.15) is 19.5 Å². The van der Waals surface area contributed by atoms with Crippen LogP contribution in [0.4, 0.5) is 24.8 Å². The molecule has 0 spiro atoms. The molecule has 33 heavy (non-hydrogen) atoms. The van der Waals surface area contributed by atoms with Crippen molar-refractivity contribution >= 4 is 55.5 Å². The molecular formula is C21H19BrF3N5O3. The number of carboxylic acids is 1. The van der Waals surface area contributed by atoms with E-state index in [0.29, 0.717) is 18.4 Å². The molecule has 0 aliphatic heterocycles. The van der Waals surface area contributed by atoms with Crippen LogP contribution in [0.2, 0.25) is 0 Å². The van der Waals surface area contributed by atoms with E-state index >= 15 is 0 Å². The highest BCUT2D eigenvalue weighted by molar-refractivity contribution is 9.10. The van der Waals surface area contributed by atoms with Gasteiger partial charge in [-0.3, -0.25) is 4.98 Å². The van der Waals surface area contributed by atoms with Gasteiger partial charge in [0.25, 0.3) is 0 Å². The molecule has 0 saturated heterocycles. The average Bonchev–Trinajstić information content (AvgIpc) is 3.09. The van der Waals surface area contributed by atoms with Crippen molar-refractivity contribution in [2.45, 2.75) is 26.4 Å². The Bertz CT molecular complexity index is 1290. The number of rotatable bonds is 5. The number of carbonyl (C=O) groups is 1. The molecular weight excluding hydrogens is 507 g/mol. The lowest BCUT2D eigenvalue weighted by molar-refractivity contribution is -0.192. The first-order valence-electron chi connectivity index (χ1n) is 9.76. The summed E-state index contributed by atoms with van der Waals surface area (Å²) < 4.78 is 38.4. The van der Waals surface area contributed by atoms with Gasteiger partial charge < -0.3 is 20.1 Å².